The van der Waals surface area contributed by atoms with E-state index in [4.69, 9.17) is 36.5 Å². The molecular weight excluding hydrogens is 1180 g/mol. The van der Waals surface area contributed by atoms with Gasteiger partial charge in [-0.15, -0.1) is 29.8 Å². The zero-order chi connectivity index (χ0) is 59.6. The lowest BCUT2D eigenvalue weighted by molar-refractivity contribution is -0.244. The predicted molar refractivity (Wildman–Crippen MR) is 288 cm³/mol. The summed E-state index contributed by atoms with van der Waals surface area (Å²) in [6.45, 7) is 10.3. The number of hydrogen-bond acceptors (Lipinski definition) is 31. The van der Waals surface area contributed by atoms with Crippen LogP contribution in [0.3, 0.4) is 0 Å². The molecule has 8 aromatic rings. The van der Waals surface area contributed by atoms with Gasteiger partial charge >= 0.3 is 12.0 Å². The molecule has 42 heteroatoms. The van der Waals surface area contributed by atoms with Crippen LogP contribution in [0.2, 0.25) is 0 Å². The van der Waals surface area contributed by atoms with Gasteiger partial charge in [-0.3, -0.25) is 9.11 Å². The molecule has 0 unspecified atom stereocenters. The number of aromatic nitrogens is 14. The quantitative estimate of drug-likeness (QED) is 0.00708. The molecule has 0 aliphatic rings. The molecule has 38 nitrogen and oxygen atoms in total. The molecular formula is C41H42N26O12S4. The molecule has 0 fully saturated rings. The largest absolute Gasteiger partial charge is 0.479 e. The van der Waals surface area contributed by atoms with Crippen molar-refractivity contribution in [3.63, 3.8) is 0 Å². The Hall–Kier alpha value is -9.76. The van der Waals surface area contributed by atoms with Crippen molar-refractivity contribution in [3.05, 3.63) is 89.3 Å². The Kier molecular flexibility index (Phi) is 18.1. The van der Waals surface area contributed by atoms with Crippen LogP contribution >= 0.6 is 12.0 Å². The van der Waals surface area contributed by atoms with E-state index in [1.165, 1.54) is 52.9 Å². The minimum Gasteiger partial charge on any atom is -0.479 e. The number of nitrogen functional groups attached to an aromatic ring is 2. The average Bonchev–Trinajstić information content (AvgIpc) is 4.41. The van der Waals surface area contributed by atoms with Gasteiger partial charge in [-0.25, -0.2) is 27.3 Å². The van der Waals surface area contributed by atoms with E-state index in [0.29, 0.717) is 16.3 Å². The van der Waals surface area contributed by atoms with Gasteiger partial charge < -0.3 is 32.3 Å². The van der Waals surface area contributed by atoms with Gasteiger partial charge in [0.1, 0.15) is 11.6 Å². The summed E-state index contributed by atoms with van der Waals surface area (Å²) in [4.78, 5) is 32.1. The highest BCUT2D eigenvalue weighted by atomic mass is 32.2. The number of aromatic hydroxyl groups is 2. The van der Waals surface area contributed by atoms with Crippen LogP contribution in [0.25, 0.3) is 28.1 Å². The fraction of sp³-hybridized carbons (Fsp3) is 0.220. The maximum Gasteiger partial charge on any atom is 0.320 e. The fourth-order valence-corrected chi connectivity index (χ4v) is 9.04. The molecule has 0 atom stereocenters. The lowest BCUT2D eigenvalue weighted by Crippen LogP contribution is -2.27. The molecule has 2 aromatic carbocycles. The van der Waals surface area contributed by atoms with Crippen molar-refractivity contribution in [2.24, 2.45) is 20.5 Å². The van der Waals surface area contributed by atoms with E-state index in [-0.39, 0.29) is 119 Å². The first-order valence-electron chi connectivity index (χ1n) is 23.2. The summed E-state index contributed by atoms with van der Waals surface area (Å²) in [5.41, 5.74) is 16.6. The van der Waals surface area contributed by atoms with E-state index < -0.39 is 53.8 Å². The number of nitrogens with zero attached hydrogens (tertiary/aromatic N) is 20. The average molecular weight is 1220 g/mol. The van der Waals surface area contributed by atoms with Crippen molar-refractivity contribution in [3.8, 4) is 41.4 Å². The Bertz CT molecular complexity index is 4200. The summed E-state index contributed by atoms with van der Waals surface area (Å²) in [5, 5.41) is 68.9. The zero-order valence-corrected chi connectivity index (χ0v) is 45.8. The van der Waals surface area contributed by atoms with Crippen molar-refractivity contribution in [2.75, 3.05) is 59.8 Å². The first-order valence-corrected chi connectivity index (χ1v) is 28.6. The molecule has 0 amide bonds. The molecule has 12 N–H and O–H groups in total. The molecule has 8 rings (SSSR count). The lowest BCUT2D eigenvalue weighted by atomic mass is 10.3. The molecule has 0 aliphatic carbocycles. The Morgan fingerprint density at radius 2 is 1.19 bits per heavy atom. The van der Waals surface area contributed by atoms with Crippen LogP contribution in [0.1, 0.15) is 23.4 Å². The van der Waals surface area contributed by atoms with Gasteiger partial charge in [0.05, 0.1) is 70.2 Å². The Morgan fingerprint density at radius 1 is 0.687 bits per heavy atom. The summed E-state index contributed by atoms with van der Waals surface area (Å²) in [5.74, 6) is -2.66. The van der Waals surface area contributed by atoms with E-state index in [1.807, 2.05) is 6.07 Å². The van der Waals surface area contributed by atoms with Gasteiger partial charge in [0.15, 0.2) is 34.6 Å². The van der Waals surface area contributed by atoms with Gasteiger partial charge in [-0.05, 0) is 68.8 Å². The third-order valence-electron chi connectivity index (χ3n) is 10.7. The van der Waals surface area contributed by atoms with Gasteiger partial charge in [0, 0.05) is 31.1 Å². The number of nitriles is 1. The Morgan fingerprint density at radius 3 is 1.71 bits per heavy atom. The number of nitrogens with one attached hydrogen (secondary N) is 4. The van der Waals surface area contributed by atoms with E-state index >= 15 is 0 Å². The highest BCUT2D eigenvalue weighted by molar-refractivity contribution is 7.94. The number of sulfonamides is 1. The minimum absolute atomic E-state index is 0.00533. The van der Waals surface area contributed by atoms with Crippen LogP contribution in [-0.4, -0.2) is 151 Å². The molecule has 6 aromatic heterocycles. The molecule has 6 heterocycles. The maximum absolute atomic E-state index is 13.2. The van der Waals surface area contributed by atoms with Crippen molar-refractivity contribution in [1.29, 1.82) is 5.26 Å². The molecule has 0 bridgehead atoms. The van der Waals surface area contributed by atoms with Gasteiger partial charge in [-0.1, -0.05) is 0 Å². The van der Waals surface area contributed by atoms with Crippen LogP contribution in [0.4, 0.5) is 52.2 Å². The third kappa shape index (κ3) is 15.0. The second-order valence-electron chi connectivity index (χ2n) is 16.5. The summed E-state index contributed by atoms with van der Waals surface area (Å²) in [6.07, 6.45) is 2.79. The number of aryl methyl sites for hydroxylation is 2. The van der Waals surface area contributed by atoms with E-state index in [1.54, 1.807) is 31.2 Å². The van der Waals surface area contributed by atoms with E-state index in [0.717, 1.165) is 21.4 Å². The fourth-order valence-electron chi connectivity index (χ4n) is 6.84. The first-order chi connectivity index (χ1) is 39.5. The summed E-state index contributed by atoms with van der Waals surface area (Å²) in [6, 6.07) is 12.7. The third-order valence-corrected chi connectivity index (χ3v) is 14.2. The molecule has 0 saturated carbocycles. The zero-order valence-electron chi connectivity index (χ0n) is 42.5. The van der Waals surface area contributed by atoms with Crippen LogP contribution in [0.5, 0.6) is 12.0 Å². The number of hydroxylamine groups is 1. The van der Waals surface area contributed by atoms with Crippen LogP contribution in [0, 0.1) is 31.8 Å². The van der Waals surface area contributed by atoms with E-state index in [9.17, 15) is 40.7 Å². The number of azo groups is 2. The number of anilines is 4. The lowest BCUT2D eigenvalue weighted by Gasteiger charge is -2.09. The molecule has 83 heavy (non-hydrogen) atoms. The monoisotopic (exact) mass is 1220 g/mol. The normalized spacial score (nSPS) is 12.1. The summed E-state index contributed by atoms with van der Waals surface area (Å²) < 4.78 is 101. The van der Waals surface area contributed by atoms with Crippen molar-refractivity contribution >= 4 is 94.5 Å². The van der Waals surface area contributed by atoms with Gasteiger partial charge in [0.2, 0.25) is 21.9 Å². The smallest absolute Gasteiger partial charge is 0.320 e. The van der Waals surface area contributed by atoms with E-state index in [2.05, 4.69) is 96.4 Å². The van der Waals surface area contributed by atoms with Crippen LogP contribution in [-0.2, 0) is 39.6 Å². The SMILES string of the molecule is [C-]#[N+]c1cnn(-c2ccc(S(=O)(=O)NCCCNOOSc3ccc(-n4ncc(C#N)c4/N=N/c4c(C)nn(-c5nc(O)nc(NCCS(=O)(=O)O)n5)c4N)cc3)cc2)c1/N=N/c1c(C)nn(-c2nc(O)nc(NCCS(=O)(=O)O)n2)c1N. The molecule has 432 valence electrons. The topological polar surface area (TPSA) is 528 Å². The number of rotatable bonds is 26. The Labute approximate surface area is 471 Å². The summed E-state index contributed by atoms with van der Waals surface area (Å²) >= 11 is 0.846. The molecule has 0 radical (unpaired) electrons. The maximum atomic E-state index is 13.2. The second-order valence-corrected chi connectivity index (χ2v) is 22.1. The van der Waals surface area contributed by atoms with Crippen molar-refractivity contribution in [2.45, 2.75) is 30.1 Å². The number of nitrogens with two attached hydrogens (primary N) is 2. The molecule has 0 aliphatic heterocycles. The van der Waals surface area contributed by atoms with Crippen LogP contribution in [0.15, 0.2) is 91.2 Å². The molecule has 0 spiro atoms. The number of benzene rings is 2. The van der Waals surface area contributed by atoms with Gasteiger partial charge in [0.25, 0.3) is 37.8 Å². The first kappa shape index (κ1) is 59.4. The second kappa shape index (κ2) is 25.4. The number of hydrogen-bond donors (Lipinski definition) is 10. The highest BCUT2D eigenvalue weighted by Gasteiger charge is 2.23. The highest BCUT2D eigenvalue weighted by Crippen LogP contribution is 2.36. The van der Waals surface area contributed by atoms with Crippen molar-refractivity contribution < 1.29 is 53.9 Å². The van der Waals surface area contributed by atoms with Crippen LogP contribution < -0.4 is 32.3 Å². The standard InChI is InChI=1S/C41H42N26O12S4/c1-22-30(32(43)66(62-22)38-52-36(54-40(68)56-38)46-15-17-81(70,71)72)58-60-34-24(19-42)20-48-64(34)25-5-9-27(10-6-25)80-79-78-50-13-4-14-51-83(76,77)28-11-7-26(8-12-28)65-35(29(45-3)21-49-65)61-59-31-23(2)63-67(33(31)44)39-53-37(55-41(69)57-39)47-16-18-82(73,74)75/h5-12,20-21,50-51H,4,13-18,43-44H2,1-2H3,(H,70,71,72)(H,73,74,75)(H2,46,52,54,56,68)(H2,47,53,55,57,69)/b60-58+,61-59+. The predicted octanol–water partition coefficient (Wildman–Crippen LogP) is 2.67. The minimum atomic E-state index is -4.30. The van der Waals surface area contributed by atoms with Gasteiger partial charge in [-0.2, -0.15) is 87.2 Å². The molecule has 0 saturated heterocycles. The van der Waals surface area contributed by atoms with Crippen molar-refractivity contribution in [1.82, 2.24) is 79.2 Å². The summed E-state index contributed by atoms with van der Waals surface area (Å²) in [7, 11) is -12.6. The Balaban J connectivity index is 0.807.